The number of piperazine rings is 1. The van der Waals surface area contributed by atoms with Crippen molar-refractivity contribution < 1.29 is 9.59 Å². The molecule has 1 aromatic carbocycles. The minimum Gasteiger partial charge on any atom is -0.359 e. The van der Waals surface area contributed by atoms with E-state index in [1.165, 1.54) is 5.56 Å². The van der Waals surface area contributed by atoms with E-state index in [4.69, 9.17) is 0 Å². The molecule has 7 nitrogen and oxygen atoms in total. The van der Waals surface area contributed by atoms with E-state index in [0.29, 0.717) is 19.6 Å². The van der Waals surface area contributed by atoms with Crippen molar-refractivity contribution in [1.82, 2.24) is 25.1 Å². The average molecular weight is 341 g/mol. The maximum absolute atomic E-state index is 12.2. The van der Waals surface area contributed by atoms with Gasteiger partial charge >= 0.3 is 0 Å². The van der Waals surface area contributed by atoms with E-state index < -0.39 is 6.04 Å². The number of nitrogens with zero attached hydrogens (tertiary/aromatic N) is 3. The molecule has 2 aromatic rings. The van der Waals surface area contributed by atoms with E-state index in [1.54, 1.807) is 13.4 Å². The summed E-state index contributed by atoms with van der Waals surface area (Å²) >= 11 is 0. The standard InChI is InChI=1S/C18H23N5O2/c1-19-17(24)9-16-18(25)21-7-8-22(16)12-15-10-20-13-23(15)11-14-5-3-2-4-6-14/h2-6,10,13,16H,7-9,11-12H2,1H3,(H,19,24)(H,21,25). The van der Waals surface area contributed by atoms with E-state index in [2.05, 4.69) is 32.3 Å². The fraction of sp³-hybridized carbons (Fsp3) is 0.389. The molecule has 1 fully saturated rings. The van der Waals surface area contributed by atoms with Gasteiger partial charge in [-0.05, 0) is 5.56 Å². The lowest BCUT2D eigenvalue weighted by atomic mass is 10.1. The van der Waals surface area contributed by atoms with Gasteiger partial charge in [-0.25, -0.2) is 4.98 Å². The second kappa shape index (κ2) is 7.94. The third-order valence-corrected chi connectivity index (χ3v) is 4.46. The van der Waals surface area contributed by atoms with Crippen LogP contribution in [-0.4, -0.2) is 52.4 Å². The third-order valence-electron chi connectivity index (χ3n) is 4.46. The Morgan fingerprint density at radius 1 is 1.32 bits per heavy atom. The first-order chi connectivity index (χ1) is 12.2. The molecule has 2 N–H and O–H groups in total. The van der Waals surface area contributed by atoms with Crippen LogP contribution in [0.25, 0.3) is 0 Å². The number of imidazole rings is 1. The van der Waals surface area contributed by atoms with E-state index in [-0.39, 0.29) is 18.2 Å². The average Bonchev–Trinajstić information content (AvgIpc) is 3.05. The number of hydrogen-bond donors (Lipinski definition) is 2. The number of carbonyl (C=O) groups excluding carboxylic acids is 2. The van der Waals surface area contributed by atoms with Crippen molar-refractivity contribution in [1.29, 1.82) is 0 Å². The SMILES string of the molecule is CNC(=O)CC1C(=O)NCCN1Cc1cncn1Cc1ccccc1. The Kier molecular flexibility index (Phi) is 5.45. The highest BCUT2D eigenvalue weighted by Crippen LogP contribution is 2.15. The molecule has 132 valence electrons. The molecule has 2 amide bonds. The van der Waals surface area contributed by atoms with Crippen LogP contribution in [0.4, 0.5) is 0 Å². The predicted molar refractivity (Wildman–Crippen MR) is 93.7 cm³/mol. The smallest absolute Gasteiger partial charge is 0.237 e. The molecule has 3 rings (SSSR count). The Bertz CT molecular complexity index is 728. The van der Waals surface area contributed by atoms with Crippen LogP contribution in [0.2, 0.25) is 0 Å². The van der Waals surface area contributed by atoms with Crippen LogP contribution in [0.15, 0.2) is 42.9 Å². The van der Waals surface area contributed by atoms with Crippen LogP contribution in [0.3, 0.4) is 0 Å². The van der Waals surface area contributed by atoms with Gasteiger partial charge in [-0.1, -0.05) is 30.3 Å². The molecule has 2 heterocycles. The van der Waals surface area contributed by atoms with Crippen molar-refractivity contribution >= 4 is 11.8 Å². The number of amides is 2. The first-order valence-corrected chi connectivity index (χ1v) is 8.42. The molecule has 7 heteroatoms. The minimum atomic E-state index is -0.450. The van der Waals surface area contributed by atoms with Crippen molar-refractivity contribution in [3.05, 3.63) is 54.1 Å². The van der Waals surface area contributed by atoms with Crippen molar-refractivity contribution in [3.63, 3.8) is 0 Å². The second-order valence-corrected chi connectivity index (χ2v) is 6.15. The van der Waals surface area contributed by atoms with Gasteiger partial charge in [0.2, 0.25) is 11.8 Å². The first-order valence-electron chi connectivity index (χ1n) is 8.42. The summed E-state index contributed by atoms with van der Waals surface area (Å²) in [5, 5.41) is 5.44. The van der Waals surface area contributed by atoms with Crippen LogP contribution in [-0.2, 0) is 22.7 Å². The summed E-state index contributed by atoms with van der Waals surface area (Å²) in [6.45, 7) is 2.62. The summed E-state index contributed by atoms with van der Waals surface area (Å²) in [4.78, 5) is 30.3. The van der Waals surface area contributed by atoms with Gasteiger partial charge in [0.1, 0.15) is 0 Å². The maximum atomic E-state index is 12.2. The van der Waals surface area contributed by atoms with Crippen LogP contribution < -0.4 is 10.6 Å². The number of aromatic nitrogens is 2. The van der Waals surface area contributed by atoms with Gasteiger partial charge in [0.15, 0.2) is 0 Å². The van der Waals surface area contributed by atoms with Crippen LogP contribution in [0, 0.1) is 0 Å². The van der Waals surface area contributed by atoms with Crippen molar-refractivity contribution in [2.45, 2.75) is 25.6 Å². The van der Waals surface area contributed by atoms with Gasteiger partial charge in [-0.15, -0.1) is 0 Å². The molecule has 1 aromatic heterocycles. The molecule has 1 unspecified atom stereocenters. The van der Waals surface area contributed by atoms with Gasteiger partial charge in [-0.3, -0.25) is 14.5 Å². The van der Waals surface area contributed by atoms with Crippen LogP contribution >= 0.6 is 0 Å². The molecule has 1 aliphatic heterocycles. The normalized spacial score (nSPS) is 18.0. The Hall–Kier alpha value is -2.67. The molecule has 0 bridgehead atoms. The summed E-state index contributed by atoms with van der Waals surface area (Å²) in [6, 6.07) is 9.72. The molecule has 1 aliphatic rings. The second-order valence-electron chi connectivity index (χ2n) is 6.15. The molecular formula is C18H23N5O2. The Balaban J connectivity index is 1.73. The predicted octanol–water partition coefficient (Wildman–Crippen LogP) is 0.368. The quantitative estimate of drug-likeness (QED) is 0.796. The first kappa shape index (κ1) is 17.2. The largest absolute Gasteiger partial charge is 0.359 e. The summed E-state index contributed by atoms with van der Waals surface area (Å²) in [5.74, 6) is -0.228. The van der Waals surface area contributed by atoms with Gasteiger partial charge in [0, 0.05) is 39.4 Å². The summed E-state index contributed by atoms with van der Waals surface area (Å²) in [7, 11) is 1.59. The zero-order valence-corrected chi connectivity index (χ0v) is 14.3. The van der Waals surface area contributed by atoms with Crippen LogP contribution in [0.5, 0.6) is 0 Å². The van der Waals surface area contributed by atoms with Crippen molar-refractivity contribution in [2.24, 2.45) is 0 Å². The Labute approximate surface area is 147 Å². The van der Waals surface area contributed by atoms with E-state index >= 15 is 0 Å². The Morgan fingerprint density at radius 3 is 2.88 bits per heavy atom. The highest BCUT2D eigenvalue weighted by atomic mass is 16.2. The Morgan fingerprint density at radius 2 is 2.12 bits per heavy atom. The topological polar surface area (TPSA) is 79.3 Å². The monoisotopic (exact) mass is 341 g/mol. The number of nitrogens with one attached hydrogen (secondary N) is 2. The summed E-state index contributed by atoms with van der Waals surface area (Å²) in [6.07, 6.45) is 3.79. The van der Waals surface area contributed by atoms with Gasteiger partial charge < -0.3 is 15.2 Å². The van der Waals surface area contributed by atoms with E-state index in [0.717, 1.165) is 12.2 Å². The fourth-order valence-corrected chi connectivity index (χ4v) is 3.06. The van der Waals surface area contributed by atoms with Crippen molar-refractivity contribution in [3.8, 4) is 0 Å². The molecule has 0 spiro atoms. The highest BCUT2D eigenvalue weighted by Gasteiger charge is 2.31. The number of carbonyl (C=O) groups is 2. The molecular weight excluding hydrogens is 318 g/mol. The summed E-state index contributed by atoms with van der Waals surface area (Å²) in [5.41, 5.74) is 2.22. The third kappa shape index (κ3) is 4.24. The number of hydrogen-bond acceptors (Lipinski definition) is 4. The van der Waals surface area contributed by atoms with E-state index in [1.807, 2.05) is 29.3 Å². The summed E-state index contributed by atoms with van der Waals surface area (Å²) < 4.78 is 2.08. The molecule has 0 radical (unpaired) electrons. The molecule has 0 aliphatic carbocycles. The number of benzene rings is 1. The lowest BCUT2D eigenvalue weighted by molar-refractivity contribution is -0.134. The molecule has 1 atom stereocenters. The van der Waals surface area contributed by atoms with Gasteiger partial charge in [0.05, 0.1) is 24.5 Å². The fourth-order valence-electron chi connectivity index (χ4n) is 3.06. The minimum absolute atomic E-state index is 0.0935. The molecule has 25 heavy (non-hydrogen) atoms. The lowest BCUT2D eigenvalue weighted by Gasteiger charge is -2.34. The van der Waals surface area contributed by atoms with Gasteiger partial charge in [0.25, 0.3) is 0 Å². The number of rotatable bonds is 6. The lowest BCUT2D eigenvalue weighted by Crippen LogP contribution is -2.56. The van der Waals surface area contributed by atoms with Gasteiger partial charge in [-0.2, -0.15) is 0 Å². The highest BCUT2D eigenvalue weighted by molar-refractivity contribution is 5.88. The van der Waals surface area contributed by atoms with E-state index in [9.17, 15) is 9.59 Å². The molecule has 1 saturated heterocycles. The van der Waals surface area contributed by atoms with Crippen LogP contribution in [0.1, 0.15) is 17.7 Å². The zero-order chi connectivity index (χ0) is 17.6. The maximum Gasteiger partial charge on any atom is 0.237 e. The van der Waals surface area contributed by atoms with Crippen molar-refractivity contribution in [2.75, 3.05) is 20.1 Å². The zero-order valence-electron chi connectivity index (χ0n) is 14.3. The molecule has 0 saturated carbocycles.